The van der Waals surface area contributed by atoms with Crippen LogP contribution in [0.25, 0.3) is 0 Å². The van der Waals surface area contributed by atoms with Gasteiger partial charge in [0.2, 0.25) is 5.91 Å². The van der Waals surface area contributed by atoms with Gasteiger partial charge in [0.05, 0.1) is 37.9 Å². The van der Waals surface area contributed by atoms with E-state index >= 15 is 0 Å². The number of nitrogens with one attached hydrogen (secondary N) is 2. The van der Waals surface area contributed by atoms with E-state index < -0.39 is 5.97 Å². The highest BCUT2D eigenvalue weighted by atomic mass is 16.5. The molecule has 3 rings (SSSR count). The van der Waals surface area contributed by atoms with E-state index in [1.165, 1.54) is 5.56 Å². The van der Waals surface area contributed by atoms with Crippen LogP contribution in [0.2, 0.25) is 0 Å². The molecule has 1 heterocycles. The van der Waals surface area contributed by atoms with Gasteiger partial charge in [0, 0.05) is 17.9 Å². The molecule has 1 fully saturated rings. The number of quaternary nitrogens is 1. The average molecular weight is 596 g/mol. The number of rotatable bonds is 14. The Hall–Kier alpha value is -3.27. The highest BCUT2D eigenvalue weighted by Gasteiger charge is 2.30. The highest BCUT2D eigenvalue weighted by molar-refractivity contribution is 5.96. The molecule has 1 unspecified atom stereocenters. The van der Waals surface area contributed by atoms with E-state index in [0.29, 0.717) is 43.0 Å². The molecule has 0 aromatic heterocycles. The SMILES string of the molecule is CC[N+](CC)(CCOCCN1CCCCC1C(=O)Nc1c(C)cc(C)cc1C)CC(=O)Nc1c(C)cc(C(=O)O)cc1C. The Bertz CT molecular complexity index is 1260. The van der Waals surface area contributed by atoms with Gasteiger partial charge in [0.15, 0.2) is 6.54 Å². The molecule has 2 aromatic carbocycles. The summed E-state index contributed by atoms with van der Waals surface area (Å²) < 4.78 is 6.68. The first-order chi connectivity index (χ1) is 20.4. The Kier molecular flexibility index (Phi) is 12.3. The lowest BCUT2D eigenvalue weighted by molar-refractivity contribution is -0.917. The first-order valence-electron chi connectivity index (χ1n) is 15.6. The Morgan fingerprint density at radius 1 is 0.884 bits per heavy atom. The number of likely N-dealkylation sites (N-methyl/N-ethyl adjacent to an activating group) is 1. The minimum absolute atomic E-state index is 0.0523. The molecule has 2 amide bonds. The number of amides is 2. The molecule has 2 aromatic rings. The second-order valence-electron chi connectivity index (χ2n) is 12.1. The van der Waals surface area contributed by atoms with E-state index in [-0.39, 0.29) is 23.4 Å². The summed E-state index contributed by atoms with van der Waals surface area (Å²) in [6, 6.07) is 7.21. The number of carbonyl (C=O) groups excluding carboxylic acids is 2. The van der Waals surface area contributed by atoms with E-state index in [1.54, 1.807) is 12.1 Å². The third-order valence-corrected chi connectivity index (χ3v) is 8.94. The number of anilines is 2. The maximum atomic E-state index is 13.3. The van der Waals surface area contributed by atoms with Gasteiger partial charge in [-0.2, -0.15) is 0 Å². The summed E-state index contributed by atoms with van der Waals surface area (Å²) in [4.78, 5) is 40.1. The van der Waals surface area contributed by atoms with Gasteiger partial charge in [-0.3, -0.25) is 14.5 Å². The summed E-state index contributed by atoms with van der Waals surface area (Å²) in [5, 5.41) is 15.5. The lowest BCUT2D eigenvalue weighted by Gasteiger charge is -2.36. The molecular formula is C34H51N4O5+. The van der Waals surface area contributed by atoms with Gasteiger partial charge < -0.3 is 25.0 Å². The second kappa shape index (κ2) is 15.5. The van der Waals surface area contributed by atoms with Crippen molar-refractivity contribution in [2.24, 2.45) is 0 Å². The van der Waals surface area contributed by atoms with Crippen molar-refractivity contribution in [2.45, 2.75) is 73.8 Å². The van der Waals surface area contributed by atoms with Gasteiger partial charge in [0.1, 0.15) is 6.54 Å². The Labute approximate surface area is 257 Å². The number of hydrogen-bond acceptors (Lipinski definition) is 5. The average Bonchev–Trinajstić information content (AvgIpc) is 2.96. The lowest BCUT2D eigenvalue weighted by Crippen LogP contribution is -2.54. The van der Waals surface area contributed by atoms with Gasteiger partial charge in [-0.1, -0.05) is 24.1 Å². The molecule has 0 radical (unpaired) electrons. The van der Waals surface area contributed by atoms with Crippen LogP contribution in [0.15, 0.2) is 24.3 Å². The molecule has 43 heavy (non-hydrogen) atoms. The monoisotopic (exact) mass is 595 g/mol. The summed E-state index contributed by atoms with van der Waals surface area (Å²) in [5.41, 5.74) is 6.62. The van der Waals surface area contributed by atoms with Crippen molar-refractivity contribution in [1.82, 2.24) is 4.90 Å². The van der Waals surface area contributed by atoms with Crippen LogP contribution in [0.4, 0.5) is 11.4 Å². The molecule has 3 N–H and O–H groups in total. The maximum absolute atomic E-state index is 13.3. The standard InChI is InChI=1S/C34H50N4O5/c1-8-38(9-2,22-30(39)35-31-26(6)20-28(34(41)42)21-27(31)7)15-17-43-16-14-37-13-11-10-12-29(37)33(40)36-32-24(4)18-23(3)19-25(32)5/h18-21,29H,8-17,22H2,1-7H3,(H2-,35,36,39,40,41,42)/p+1. The molecular weight excluding hydrogens is 544 g/mol. The van der Waals surface area contributed by atoms with Crippen molar-refractivity contribution < 1.29 is 28.7 Å². The normalized spacial score (nSPS) is 15.7. The summed E-state index contributed by atoms with van der Waals surface area (Å²) >= 11 is 0. The zero-order valence-corrected chi connectivity index (χ0v) is 27.1. The van der Waals surface area contributed by atoms with Crippen molar-refractivity contribution in [3.8, 4) is 0 Å². The van der Waals surface area contributed by atoms with Crippen LogP contribution in [0, 0.1) is 34.6 Å². The maximum Gasteiger partial charge on any atom is 0.335 e. The number of carboxylic acids is 1. The van der Waals surface area contributed by atoms with E-state index in [2.05, 4.69) is 48.4 Å². The van der Waals surface area contributed by atoms with Crippen LogP contribution in [0.5, 0.6) is 0 Å². The van der Waals surface area contributed by atoms with Crippen LogP contribution < -0.4 is 10.6 Å². The number of piperidine rings is 1. The fraction of sp³-hybridized carbons (Fsp3) is 0.559. The summed E-state index contributed by atoms with van der Waals surface area (Å²) in [5.74, 6) is -1.03. The molecule has 0 aliphatic carbocycles. The van der Waals surface area contributed by atoms with Crippen LogP contribution in [-0.4, -0.2) is 90.8 Å². The molecule has 9 nitrogen and oxygen atoms in total. The predicted molar refractivity (Wildman–Crippen MR) is 172 cm³/mol. The molecule has 0 saturated carbocycles. The molecule has 0 spiro atoms. The van der Waals surface area contributed by atoms with Crippen LogP contribution in [-0.2, 0) is 14.3 Å². The fourth-order valence-corrected chi connectivity index (χ4v) is 6.29. The smallest absolute Gasteiger partial charge is 0.335 e. The largest absolute Gasteiger partial charge is 0.478 e. The number of aromatic carboxylic acids is 1. The highest BCUT2D eigenvalue weighted by Crippen LogP contribution is 2.25. The zero-order chi connectivity index (χ0) is 31.7. The van der Waals surface area contributed by atoms with Crippen molar-refractivity contribution in [2.75, 3.05) is 63.1 Å². The topological polar surface area (TPSA) is 108 Å². The number of likely N-dealkylation sites (tertiary alicyclic amines) is 1. The van der Waals surface area contributed by atoms with Crippen LogP contribution in [0.3, 0.4) is 0 Å². The molecule has 1 saturated heterocycles. The number of aryl methyl sites for hydroxylation is 5. The first-order valence-corrected chi connectivity index (χ1v) is 15.6. The molecule has 1 atom stereocenters. The van der Waals surface area contributed by atoms with Gasteiger partial charge in [-0.25, -0.2) is 4.79 Å². The van der Waals surface area contributed by atoms with E-state index in [0.717, 1.165) is 66.8 Å². The number of ether oxygens (including phenoxy) is 1. The van der Waals surface area contributed by atoms with E-state index in [9.17, 15) is 19.5 Å². The van der Waals surface area contributed by atoms with Gasteiger partial charge >= 0.3 is 5.97 Å². The Morgan fingerprint density at radius 3 is 2.05 bits per heavy atom. The second-order valence-corrected chi connectivity index (χ2v) is 12.1. The number of carboxylic acid groups (broad SMARTS) is 1. The number of hydrogen-bond donors (Lipinski definition) is 3. The minimum atomic E-state index is -0.983. The quantitative estimate of drug-likeness (QED) is 0.204. The van der Waals surface area contributed by atoms with E-state index in [4.69, 9.17) is 4.74 Å². The molecule has 1 aliphatic heterocycles. The number of carbonyl (C=O) groups is 3. The Balaban J connectivity index is 1.52. The molecule has 9 heteroatoms. The molecule has 0 bridgehead atoms. The Morgan fingerprint density at radius 2 is 1.47 bits per heavy atom. The summed E-state index contributed by atoms with van der Waals surface area (Å²) in [6.07, 6.45) is 2.96. The minimum Gasteiger partial charge on any atom is -0.478 e. The van der Waals surface area contributed by atoms with Crippen molar-refractivity contribution in [3.63, 3.8) is 0 Å². The van der Waals surface area contributed by atoms with Crippen LogP contribution >= 0.6 is 0 Å². The fourth-order valence-electron chi connectivity index (χ4n) is 6.29. The summed E-state index contributed by atoms with van der Waals surface area (Å²) in [6.45, 7) is 19.1. The van der Waals surface area contributed by atoms with Gasteiger partial charge in [0.25, 0.3) is 5.91 Å². The van der Waals surface area contributed by atoms with Crippen molar-refractivity contribution in [3.05, 3.63) is 57.6 Å². The zero-order valence-electron chi connectivity index (χ0n) is 27.1. The predicted octanol–water partition coefficient (Wildman–Crippen LogP) is 5.23. The van der Waals surface area contributed by atoms with Crippen molar-refractivity contribution >= 4 is 29.2 Å². The summed E-state index contributed by atoms with van der Waals surface area (Å²) in [7, 11) is 0. The third-order valence-electron chi connectivity index (χ3n) is 8.94. The third kappa shape index (κ3) is 9.11. The first kappa shape index (κ1) is 34.2. The van der Waals surface area contributed by atoms with Crippen molar-refractivity contribution in [1.29, 1.82) is 0 Å². The number of benzene rings is 2. The van der Waals surface area contributed by atoms with Gasteiger partial charge in [-0.15, -0.1) is 0 Å². The van der Waals surface area contributed by atoms with E-state index in [1.807, 2.05) is 27.7 Å². The van der Waals surface area contributed by atoms with Crippen LogP contribution in [0.1, 0.15) is 71.3 Å². The number of nitrogens with zero attached hydrogens (tertiary/aromatic N) is 2. The van der Waals surface area contributed by atoms with Gasteiger partial charge in [-0.05, 0) is 102 Å². The molecule has 236 valence electrons. The molecule has 1 aliphatic rings. The lowest BCUT2D eigenvalue weighted by atomic mass is 10.00.